The smallest absolute Gasteiger partial charge is 0.298 e. The summed E-state index contributed by atoms with van der Waals surface area (Å²) in [6.45, 7) is 1.19. The molecule has 6 nitrogen and oxygen atoms in total. The lowest BCUT2D eigenvalue weighted by Gasteiger charge is -2.10. The molecule has 1 amide bonds. The number of aromatic nitrogens is 1. The first-order valence-electron chi connectivity index (χ1n) is 5.77. The van der Waals surface area contributed by atoms with Gasteiger partial charge in [-0.05, 0) is 18.6 Å². The molecule has 94 valence electrons. The van der Waals surface area contributed by atoms with E-state index in [4.69, 9.17) is 10.2 Å². The van der Waals surface area contributed by atoms with Crippen LogP contribution in [0.2, 0.25) is 0 Å². The van der Waals surface area contributed by atoms with E-state index in [0.717, 1.165) is 0 Å². The van der Waals surface area contributed by atoms with Crippen LogP contribution in [-0.2, 0) is 0 Å². The first kappa shape index (κ1) is 11.0. The minimum absolute atomic E-state index is 0.349. The van der Waals surface area contributed by atoms with E-state index in [1.165, 1.54) is 0 Å². The van der Waals surface area contributed by atoms with Gasteiger partial charge in [0.15, 0.2) is 5.58 Å². The van der Waals surface area contributed by atoms with Crippen LogP contribution in [0.15, 0.2) is 22.6 Å². The summed E-state index contributed by atoms with van der Waals surface area (Å²) in [4.78, 5) is 17.4. The van der Waals surface area contributed by atoms with Gasteiger partial charge in [-0.25, -0.2) is 0 Å². The first-order chi connectivity index (χ1) is 8.65. The number of hydrogen-bond donors (Lipinski definition) is 2. The van der Waals surface area contributed by atoms with Gasteiger partial charge in [0.05, 0.1) is 11.7 Å². The van der Waals surface area contributed by atoms with E-state index in [2.05, 4.69) is 4.98 Å². The number of rotatable bonds is 2. The van der Waals surface area contributed by atoms with Crippen LogP contribution < -0.4 is 10.6 Å². The zero-order chi connectivity index (χ0) is 12.7. The van der Waals surface area contributed by atoms with Gasteiger partial charge < -0.3 is 20.2 Å². The number of fused-ring (bicyclic) bond motifs is 1. The molecule has 0 radical (unpaired) electrons. The topological polar surface area (TPSA) is 92.6 Å². The molecule has 3 N–H and O–H groups in total. The summed E-state index contributed by atoms with van der Waals surface area (Å²) in [7, 11) is 0. The van der Waals surface area contributed by atoms with Gasteiger partial charge in [-0.1, -0.05) is 6.07 Å². The molecule has 1 aliphatic heterocycles. The summed E-state index contributed by atoms with van der Waals surface area (Å²) in [5, 5.41) is 9.49. The third-order valence-electron chi connectivity index (χ3n) is 3.11. The SMILES string of the molecule is NC(=O)c1cccc2oc(N3CC[C@H](O)C3)nc12. The van der Waals surface area contributed by atoms with E-state index in [1.54, 1.807) is 18.2 Å². The van der Waals surface area contributed by atoms with E-state index in [0.29, 0.717) is 42.2 Å². The Morgan fingerprint density at radius 1 is 1.56 bits per heavy atom. The maximum atomic E-state index is 11.3. The quantitative estimate of drug-likeness (QED) is 0.806. The largest absolute Gasteiger partial charge is 0.423 e. The number of amides is 1. The van der Waals surface area contributed by atoms with E-state index in [-0.39, 0.29) is 6.10 Å². The van der Waals surface area contributed by atoms with E-state index in [9.17, 15) is 9.90 Å². The van der Waals surface area contributed by atoms with Crippen molar-refractivity contribution < 1.29 is 14.3 Å². The number of carbonyl (C=O) groups excluding carboxylic acids is 1. The number of nitrogens with two attached hydrogens (primary N) is 1. The molecule has 3 rings (SSSR count). The third kappa shape index (κ3) is 1.70. The summed E-state index contributed by atoms with van der Waals surface area (Å²) in [5.74, 6) is -0.526. The zero-order valence-electron chi connectivity index (χ0n) is 9.67. The third-order valence-corrected chi connectivity index (χ3v) is 3.11. The van der Waals surface area contributed by atoms with Crippen molar-refractivity contribution in [1.82, 2.24) is 4.98 Å². The molecule has 1 fully saturated rings. The van der Waals surface area contributed by atoms with Crippen molar-refractivity contribution in [2.45, 2.75) is 12.5 Å². The average Bonchev–Trinajstić information content (AvgIpc) is 2.93. The molecule has 0 bridgehead atoms. The van der Waals surface area contributed by atoms with Gasteiger partial charge >= 0.3 is 0 Å². The Balaban J connectivity index is 2.05. The number of benzene rings is 1. The van der Waals surface area contributed by atoms with Gasteiger partial charge in [-0.2, -0.15) is 4.98 Å². The summed E-state index contributed by atoms with van der Waals surface area (Å²) in [6, 6.07) is 5.49. The van der Waals surface area contributed by atoms with Crippen LogP contribution in [0.3, 0.4) is 0 Å². The Morgan fingerprint density at radius 2 is 2.39 bits per heavy atom. The molecule has 6 heteroatoms. The van der Waals surface area contributed by atoms with Crippen LogP contribution in [-0.4, -0.2) is 35.2 Å². The highest BCUT2D eigenvalue weighted by Crippen LogP contribution is 2.26. The van der Waals surface area contributed by atoms with Crippen molar-refractivity contribution >= 4 is 23.0 Å². The van der Waals surface area contributed by atoms with Crippen LogP contribution in [0.25, 0.3) is 11.1 Å². The predicted molar refractivity (Wildman–Crippen MR) is 65.4 cm³/mol. The Labute approximate surface area is 103 Å². The van der Waals surface area contributed by atoms with Crippen molar-refractivity contribution in [3.8, 4) is 0 Å². The Kier molecular flexibility index (Phi) is 2.45. The number of para-hydroxylation sites is 1. The Morgan fingerprint density at radius 3 is 3.06 bits per heavy atom. The van der Waals surface area contributed by atoms with E-state index >= 15 is 0 Å². The van der Waals surface area contributed by atoms with E-state index < -0.39 is 5.91 Å². The van der Waals surface area contributed by atoms with Crippen LogP contribution in [0, 0.1) is 0 Å². The number of nitrogens with zero attached hydrogens (tertiary/aromatic N) is 2. The molecule has 1 aromatic carbocycles. The van der Waals surface area contributed by atoms with Crippen LogP contribution in [0.4, 0.5) is 6.01 Å². The minimum Gasteiger partial charge on any atom is -0.423 e. The monoisotopic (exact) mass is 247 g/mol. The molecule has 2 heterocycles. The maximum Gasteiger partial charge on any atom is 0.298 e. The average molecular weight is 247 g/mol. The number of anilines is 1. The van der Waals surface area contributed by atoms with Gasteiger partial charge in [-0.15, -0.1) is 0 Å². The fourth-order valence-corrected chi connectivity index (χ4v) is 2.19. The molecule has 1 saturated heterocycles. The molecule has 1 aliphatic rings. The predicted octanol–water partition coefficient (Wildman–Crippen LogP) is 0.498. The lowest BCUT2D eigenvalue weighted by Crippen LogP contribution is -2.21. The Bertz CT molecular complexity index is 608. The lowest BCUT2D eigenvalue weighted by atomic mass is 10.2. The van der Waals surface area contributed by atoms with Gasteiger partial charge in [-0.3, -0.25) is 4.79 Å². The second-order valence-electron chi connectivity index (χ2n) is 4.40. The number of β-amino-alcohol motifs (C(OH)–C–C–N with tert-alkyl or cyclic N) is 1. The summed E-state index contributed by atoms with van der Waals surface area (Å²) in [5.41, 5.74) is 6.64. The minimum atomic E-state index is -0.526. The van der Waals surface area contributed by atoms with Crippen molar-refractivity contribution in [1.29, 1.82) is 0 Å². The van der Waals surface area contributed by atoms with Crippen LogP contribution in [0.1, 0.15) is 16.8 Å². The van der Waals surface area contributed by atoms with Crippen LogP contribution >= 0.6 is 0 Å². The highest BCUT2D eigenvalue weighted by atomic mass is 16.4. The highest BCUT2D eigenvalue weighted by molar-refractivity contribution is 6.03. The summed E-state index contributed by atoms with van der Waals surface area (Å²) in [6.07, 6.45) is 0.345. The second-order valence-corrected chi connectivity index (χ2v) is 4.40. The number of primary amides is 1. The number of hydrogen-bond acceptors (Lipinski definition) is 5. The molecular weight excluding hydrogens is 234 g/mol. The number of aliphatic hydroxyl groups excluding tert-OH is 1. The molecule has 0 unspecified atom stereocenters. The second kappa shape index (κ2) is 3.99. The molecule has 0 aliphatic carbocycles. The maximum absolute atomic E-state index is 11.3. The molecule has 1 atom stereocenters. The number of aliphatic hydroxyl groups is 1. The van der Waals surface area contributed by atoms with Gasteiger partial charge in [0, 0.05) is 13.1 Å². The van der Waals surface area contributed by atoms with Crippen molar-refractivity contribution in [2.24, 2.45) is 5.73 Å². The molecular formula is C12H13N3O3. The van der Waals surface area contributed by atoms with Crippen molar-refractivity contribution in [3.63, 3.8) is 0 Å². The molecule has 1 aromatic heterocycles. The standard InChI is InChI=1S/C12H13N3O3/c13-11(17)8-2-1-3-9-10(8)14-12(18-9)15-5-4-7(16)6-15/h1-3,7,16H,4-6H2,(H2,13,17)/t7-/m0/s1. The number of carbonyl (C=O) groups is 1. The summed E-state index contributed by atoms with van der Waals surface area (Å²) < 4.78 is 5.59. The van der Waals surface area contributed by atoms with Crippen molar-refractivity contribution in [3.05, 3.63) is 23.8 Å². The number of oxazole rings is 1. The molecule has 18 heavy (non-hydrogen) atoms. The van der Waals surface area contributed by atoms with Gasteiger partial charge in [0.25, 0.3) is 11.9 Å². The summed E-state index contributed by atoms with van der Waals surface area (Å²) >= 11 is 0. The lowest BCUT2D eigenvalue weighted by molar-refractivity contribution is 0.100. The Hall–Kier alpha value is -2.08. The van der Waals surface area contributed by atoms with Crippen molar-refractivity contribution in [2.75, 3.05) is 18.0 Å². The zero-order valence-corrected chi connectivity index (χ0v) is 9.67. The fraction of sp³-hybridized carbons (Fsp3) is 0.333. The van der Waals surface area contributed by atoms with Gasteiger partial charge in [0.2, 0.25) is 0 Å². The van der Waals surface area contributed by atoms with E-state index in [1.807, 2.05) is 4.90 Å². The molecule has 0 saturated carbocycles. The molecule has 2 aromatic rings. The highest BCUT2D eigenvalue weighted by Gasteiger charge is 2.25. The normalized spacial score (nSPS) is 19.6. The van der Waals surface area contributed by atoms with Crippen LogP contribution in [0.5, 0.6) is 0 Å². The first-order valence-corrected chi connectivity index (χ1v) is 5.77. The molecule has 0 spiro atoms. The van der Waals surface area contributed by atoms with Gasteiger partial charge in [0.1, 0.15) is 5.52 Å². The fourth-order valence-electron chi connectivity index (χ4n) is 2.19.